The summed E-state index contributed by atoms with van der Waals surface area (Å²) >= 11 is 0. The number of rotatable bonds is 2. The van der Waals surface area contributed by atoms with Gasteiger partial charge in [-0.25, -0.2) is 0 Å². The minimum Gasteiger partial charge on any atom is -0.495 e. The van der Waals surface area contributed by atoms with Crippen LogP contribution in [0.1, 0.15) is 0 Å². The van der Waals surface area contributed by atoms with E-state index < -0.39 is 0 Å². The number of benzene rings is 2. The molecule has 0 aliphatic heterocycles. The van der Waals surface area contributed by atoms with Crippen LogP contribution in [-0.4, -0.2) is 7.11 Å². The summed E-state index contributed by atoms with van der Waals surface area (Å²) in [6, 6.07) is 13.4. The first-order valence-electron chi connectivity index (χ1n) is 5.00. The van der Waals surface area contributed by atoms with E-state index in [-0.39, 0.29) is 0 Å². The quantitative estimate of drug-likeness (QED) is 0.755. The van der Waals surface area contributed by atoms with E-state index in [9.17, 15) is 0 Å². The summed E-state index contributed by atoms with van der Waals surface area (Å²) in [4.78, 5) is 0. The van der Waals surface area contributed by atoms with Gasteiger partial charge in [-0.05, 0) is 35.4 Å². The van der Waals surface area contributed by atoms with Crippen molar-refractivity contribution in [3.63, 3.8) is 0 Å². The highest BCUT2D eigenvalue weighted by Gasteiger charge is 2.03. The zero-order valence-electron chi connectivity index (χ0n) is 9.10. The molecule has 0 aliphatic rings. The second-order valence-electron chi connectivity index (χ2n) is 3.58. The Kier molecular flexibility index (Phi) is 2.68. The lowest BCUT2D eigenvalue weighted by molar-refractivity contribution is 0.417. The van der Waals surface area contributed by atoms with E-state index in [0.29, 0.717) is 11.4 Å². The van der Waals surface area contributed by atoms with E-state index in [1.54, 1.807) is 7.11 Å². The van der Waals surface area contributed by atoms with Crippen LogP contribution in [0.15, 0.2) is 42.5 Å². The van der Waals surface area contributed by atoms with Gasteiger partial charge in [-0.1, -0.05) is 18.2 Å². The highest BCUT2D eigenvalue weighted by molar-refractivity contribution is 5.72. The summed E-state index contributed by atoms with van der Waals surface area (Å²) in [5.41, 5.74) is 15.0. The van der Waals surface area contributed by atoms with E-state index in [4.69, 9.17) is 16.2 Å². The van der Waals surface area contributed by atoms with Crippen LogP contribution in [0.3, 0.4) is 0 Å². The van der Waals surface area contributed by atoms with E-state index in [2.05, 4.69) is 0 Å². The standard InChI is InChI=1S/C13H14N2O/c1-16-13-8-10(5-6-12(13)15)9-3-2-4-11(14)7-9/h2-8H,14-15H2,1H3. The maximum Gasteiger partial charge on any atom is 0.142 e. The lowest BCUT2D eigenvalue weighted by atomic mass is 10.0. The molecule has 4 N–H and O–H groups in total. The molecule has 3 heteroatoms. The zero-order chi connectivity index (χ0) is 11.5. The maximum atomic E-state index is 5.76. The normalized spacial score (nSPS) is 10.1. The average molecular weight is 214 g/mol. The maximum absolute atomic E-state index is 5.76. The van der Waals surface area contributed by atoms with Crippen LogP contribution >= 0.6 is 0 Å². The summed E-state index contributed by atoms with van der Waals surface area (Å²) in [7, 11) is 1.61. The van der Waals surface area contributed by atoms with E-state index in [1.807, 2.05) is 42.5 Å². The minimum absolute atomic E-state index is 0.634. The summed E-state index contributed by atoms with van der Waals surface area (Å²) in [5.74, 6) is 0.680. The van der Waals surface area contributed by atoms with Crippen LogP contribution in [0.2, 0.25) is 0 Å². The molecule has 0 spiro atoms. The fourth-order valence-electron chi connectivity index (χ4n) is 1.61. The molecular formula is C13H14N2O. The molecular weight excluding hydrogens is 200 g/mol. The molecule has 0 aromatic heterocycles. The van der Waals surface area contributed by atoms with Crippen molar-refractivity contribution in [2.24, 2.45) is 0 Å². The summed E-state index contributed by atoms with van der Waals surface area (Å²) in [6.45, 7) is 0. The molecule has 82 valence electrons. The van der Waals surface area contributed by atoms with Gasteiger partial charge in [0, 0.05) is 5.69 Å². The van der Waals surface area contributed by atoms with Gasteiger partial charge in [-0.15, -0.1) is 0 Å². The molecule has 2 aromatic rings. The van der Waals surface area contributed by atoms with Crippen LogP contribution in [0.25, 0.3) is 11.1 Å². The largest absolute Gasteiger partial charge is 0.495 e. The fraction of sp³-hybridized carbons (Fsp3) is 0.0769. The first-order chi connectivity index (χ1) is 7.70. The van der Waals surface area contributed by atoms with Crippen molar-refractivity contribution in [3.8, 4) is 16.9 Å². The molecule has 0 fully saturated rings. The van der Waals surface area contributed by atoms with Crippen molar-refractivity contribution >= 4 is 11.4 Å². The second kappa shape index (κ2) is 4.14. The van der Waals surface area contributed by atoms with E-state index >= 15 is 0 Å². The first kappa shape index (κ1) is 10.4. The molecule has 0 amide bonds. The monoisotopic (exact) mass is 214 g/mol. The molecule has 0 atom stereocenters. The number of anilines is 2. The highest BCUT2D eigenvalue weighted by atomic mass is 16.5. The molecule has 0 radical (unpaired) electrons. The lowest BCUT2D eigenvalue weighted by Gasteiger charge is -2.08. The van der Waals surface area contributed by atoms with Gasteiger partial charge in [0.15, 0.2) is 0 Å². The zero-order valence-corrected chi connectivity index (χ0v) is 9.10. The van der Waals surface area contributed by atoms with Gasteiger partial charge in [0.05, 0.1) is 12.8 Å². The van der Waals surface area contributed by atoms with Crippen molar-refractivity contribution in [3.05, 3.63) is 42.5 Å². The number of hydrogen-bond acceptors (Lipinski definition) is 3. The molecule has 0 saturated carbocycles. The number of methoxy groups -OCH3 is 1. The molecule has 3 nitrogen and oxygen atoms in total. The molecule has 0 unspecified atom stereocenters. The number of ether oxygens (including phenoxy) is 1. The van der Waals surface area contributed by atoms with E-state index in [0.717, 1.165) is 16.8 Å². The van der Waals surface area contributed by atoms with Gasteiger partial charge < -0.3 is 16.2 Å². The molecule has 2 rings (SSSR count). The second-order valence-corrected chi connectivity index (χ2v) is 3.58. The first-order valence-corrected chi connectivity index (χ1v) is 5.00. The Bertz CT molecular complexity index is 509. The minimum atomic E-state index is 0.634. The fourth-order valence-corrected chi connectivity index (χ4v) is 1.61. The van der Waals surface area contributed by atoms with Crippen molar-refractivity contribution in [2.45, 2.75) is 0 Å². The van der Waals surface area contributed by atoms with Crippen molar-refractivity contribution in [2.75, 3.05) is 18.6 Å². The molecule has 0 heterocycles. The molecule has 0 aliphatic carbocycles. The SMILES string of the molecule is COc1cc(-c2cccc(N)c2)ccc1N. The predicted octanol–water partition coefficient (Wildman–Crippen LogP) is 2.53. The Morgan fingerprint density at radius 3 is 2.38 bits per heavy atom. The Morgan fingerprint density at radius 2 is 1.69 bits per heavy atom. The predicted molar refractivity (Wildman–Crippen MR) is 67.3 cm³/mol. The van der Waals surface area contributed by atoms with Crippen LogP contribution < -0.4 is 16.2 Å². The topological polar surface area (TPSA) is 61.3 Å². The average Bonchev–Trinajstić information content (AvgIpc) is 2.29. The molecule has 2 aromatic carbocycles. The van der Waals surface area contributed by atoms with Crippen molar-refractivity contribution in [1.82, 2.24) is 0 Å². The molecule has 0 bridgehead atoms. The Morgan fingerprint density at radius 1 is 0.938 bits per heavy atom. The van der Waals surface area contributed by atoms with Crippen LogP contribution in [0.4, 0.5) is 11.4 Å². The van der Waals surface area contributed by atoms with Crippen LogP contribution in [0.5, 0.6) is 5.75 Å². The Hall–Kier alpha value is -2.16. The van der Waals surface area contributed by atoms with Gasteiger partial charge in [-0.2, -0.15) is 0 Å². The number of nitrogens with two attached hydrogens (primary N) is 2. The van der Waals surface area contributed by atoms with Crippen molar-refractivity contribution < 1.29 is 4.74 Å². The third-order valence-electron chi connectivity index (χ3n) is 2.45. The van der Waals surface area contributed by atoms with Crippen molar-refractivity contribution in [1.29, 1.82) is 0 Å². The van der Waals surface area contributed by atoms with Gasteiger partial charge in [0.2, 0.25) is 0 Å². The summed E-state index contributed by atoms with van der Waals surface area (Å²) in [6.07, 6.45) is 0. The number of hydrogen-bond donors (Lipinski definition) is 2. The van der Waals surface area contributed by atoms with Crippen LogP contribution in [0, 0.1) is 0 Å². The van der Waals surface area contributed by atoms with E-state index in [1.165, 1.54) is 0 Å². The summed E-state index contributed by atoms with van der Waals surface area (Å²) in [5, 5.41) is 0. The smallest absolute Gasteiger partial charge is 0.142 e. The van der Waals surface area contributed by atoms with Gasteiger partial charge in [0.1, 0.15) is 5.75 Å². The van der Waals surface area contributed by atoms with Gasteiger partial charge >= 0.3 is 0 Å². The number of nitrogen functional groups attached to an aromatic ring is 2. The van der Waals surface area contributed by atoms with Gasteiger partial charge in [0.25, 0.3) is 0 Å². The third-order valence-corrected chi connectivity index (χ3v) is 2.45. The molecule has 0 saturated heterocycles. The summed E-state index contributed by atoms with van der Waals surface area (Å²) < 4.78 is 5.18. The Labute approximate surface area is 94.6 Å². The Balaban J connectivity index is 2.48. The van der Waals surface area contributed by atoms with Gasteiger partial charge in [-0.3, -0.25) is 0 Å². The van der Waals surface area contributed by atoms with Crippen LogP contribution in [-0.2, 0) is 0 Å². The third kappa shape index (κ3) is 1.93. The lowest BCUT2D eigenvalue weighted by Crippen LogP contribution is -1.92. The molecule has 16 heavy (non-hydrogen) atoms. The highest BCUT2D eigenvalue weighted by Crippen LogP contribution is 2.29.